The van der Waals surface area contributed by atoms with Crippen LogP contribution in [0.2, 0.25) is 0 Å². The molecule has 0 aliphatic heterocycles. The molecule has 9 heteroatoms. The van der Waals surface area contributed by atoms with E-state index in [-0.39, 0.29) is 22.8 Å². The molecule has 0 bridgehead atoms. The summed E-state index contributed by atoms with van der Waals surface area (Å²) in [6, 6.07) is 8.95. The molecule has 3 rings (SSSR count). The van der Waals surface area contributed by atoms with E-state index in [4.69, 9.17) is 9.26 Å². The number of nitrogens with zero attached hydrogens (tertiary/aromatic N) is 1. The molecule has 0 saturated heterocycles. The first-order valence-corrected chi connectivity index (χ1v) is 11.2. The van der Waals surface area contributed by atoms with Crippen LogP contribution in [0.1, 0.15) is 23.2 Å². The molecule has 1 N–H and O–H groups in total. The number of carbonyl (C=O) groups excluding carboxylic acids is 1. The summed E-state index contributed by atoms with van der Waals surface area (Å²) in [5, 5.41) is 6.41. The van der Waals surface area contributed by atoms with Crippen LogP contribution in [0.3, 0.4) is 0 Å². The number of hydrogen-bond donors (Lipinski definition) is 1. The average Bonchev–Trinajstić information content (AvgIpc) is 3.07. The molecule has 0 saturated carbocycles. The van der Waals surface area contributed by atoms with Gasteiger partial charge < -0.3 is 14.6 Å². The molecule has 1 aromatic heterocycles. The van der Waals surface area contributed by atoms with Crippen LogP contribution in [-0.2, 0) is 14.6 Å². The van der Waals surface area contributed by atoms with Gasteiger partial charge in [0.2, 0.25) is 5.91 Å². The molecule has 3 aromatic rings. The number of ether oxygens (including phenoxy) is 1. The van der Waals surface area contributed by atoms with Crippen molar-refractivity contribution in [2.45, 2.75) is 32.1 Å². The highest BCUT2D eigenvalue weighted by Crippen LogP contribution is 2.33. The minimum Gasteiger partial charge on any atom is -0.495 e. The van der Waals surface area contributed by atoms with Crippen molar-refractivity contribution in [1.82, 2.24) is 5.16 Å². The van der Waals surface area contributed by atoms with Gasteiger partial charge in [0.25, 0.3) is 0 Å². The van der Waals surface area contributed by atoms with Gasteiger partial charge in [0, 0.05) is 23.2 Å². The van der Waals surface area contributed by atoms with Crippen molar-refractivity contribution in [3.63, 3.8) is 0 Å². The third-order valence-corrected chi connectivity index (χ3v) is 6.70. The van der Waals surface area contributed by atoms with E-state index in [1.54, 1.807) is 26.0 Å². The lowest BCUT2D eigenvalue weighted by Gasteiger charge is -2.11. The van der Waals surface area contributed by atoms with E-state index in [2.05, 4.69) is 10.5 Å². The van der Waals surface area contributed by atoms with Crippen LogP contribution in [0.15, 0.2) is 45.8 Å². The summed E-state index contributed by atoms with van der Waals surface area (Å²) < 4.78 is 50.1. The monoisotopic (exact) mass is 446 g/mol. The number of nitrogens with one attached hydrogen (secondary N) is 1. The summed E-state index contributed by atoms with van der Waals surface area (Å²) in [6.07, 6.45) is -0.300. The zero-order valence-electron chi connectivity index (χ0n) is 17.7. The SMILES string of the molecule is COc1ccc(-c2onc(C)c2C)cc1S(=O)(=O)CCC(=O)Nc1ccc(C)c(F)c1. The molecule has 7 nitrogen and oxygen atoms in total. The van der Waals surface area contributed by atoms with E-state index in [0.29, 0.717) is 22.6 Å². The number of amides is 1. The van der Waals surface area contributed by atoms with E-state index < -0.39 is 27.3 Å². The molecule has 0 radical (unpaired) electrons. The largest absolute Gasteiger partial charge is 0.495 e. The Morgan fingerprint density at radius 2 is 1.90 bits per heavy atom. The molecule has 0 fully saturated rings. The van der Waals surface area contributed by atoms with Crippen molar-refractivity contribution >= 4 is 21.4 Å². The first-order valence-electron chi connectivity index (χ1n) is 9.52. The number of carbonyl (C=O) groups is 1. The molecule has 1 heterocycles. The lowest BCUT2D eigenvalue weighted by atomic mass is 10.1. The number of halogens is 1. The van der Waals surface area contributed by atoms with Crippen LogP contribution < -0.4 is 10.1 Å². The molecular formula is C22H23FN2O5S. The second-order valence-electron chi connectivity index (χ2n) is 7.17. The first-order chi connectivity index (χ1) is 14.6. The Bertz CT molecular complexity index is 1230. The Labute approximate surface area is 180 Å². The quantitative estimate of drug-likeness (QED) is 0.584. The molecule has 2 aromatic carbocycles. The lowest BCUT2D eigenvalue weighted by Crippen LogP contribution is -2.18. The predicted molar refractivity (Wildman–Crippen MR) is 114 cm³/mol. The van der Waals surface area contributed by atoms with Crippen LogP contribution in [0.4, 0.5) is 10.1 Å². The lowest BCUT2D eigenvalue weighted by molar-refractivity contribution is -0.115. The standard InChI is InChI=1S/C22H23FN2O5S/c1-13-5-7-17(12-18(13)23)24-21(26)9-10-31(27,28)20-11-16(6-8-19(20)29-4)22-14(2)15(3)25-30-22/h5-8,11-12H,9-10H2,1-4H3,(H,24,26). The van der Waals surface area contributed by atoms with E-state index in [1.165, 1.54) is 31.4 Å². The molecule has 164 valence electrons. The Morgan fingerprint density at radius 3 is 2.52 bits per heavy atom. The highest BCUT2D eigenvalue weighted by atomic mass is 32.2. The van der Waals surface area contributed by atoms with Gasteiger partial charge in [0.1, 0.15) is 16.5 Å². The maximum atomic E-state index is 13.6. The number of aromatic nitrogens is 1. The van der Waals surface area contributed by atoms with Gasteiger partial charge >= 0.3 is 0 Å². The van der Waals surface area contributed by atoms with Crippen molar-refractivity contribution in [2.75, 3.05) is 18.2 Å². The third-order valence-electron chi connectivity index (χ3n) is 4.97. The molecule has 0 unspecified atom stereocenters. The highest BCUT2D eigenvalue weighted by Gasteiger charge is 2.23. The van der Waals surface area contributed by atoms with Gasteiger partial charge in [-0.15, -0.1) is 0 Å². The van der Waals surface area contributed by atoms with E-state index in [0.717, 1.165) is 5.56 Å². The van der Waals surface area contributed by atoms with Crippen LogP contribution >= 0.6 is 0 Å². The average molecular weight is 447 g/mol. The summed E-state index contributed by atoms with van der Waals surface area (Å²) >= 11 is 0. The zero-order valence-corrected chi connectivity index (χ0v) is 18.5. The molecule has 31 heavy (non-hydrogen) atoms. The Balaban J connectivity index is 1.80. The Kier molecular flexibility index (Phi) is 6.45. The fraction of sp³-hybridized carbons (Fsp3) is 0.273. The van der Waals surface area contributed by atoms with Gasteiger partial charge in [-0.1, -0.05) is 11.2 Å². The normalized spacial score (nSPS) is 11.4. The van der Waals surface area contributed by atoms with Crippen molar-refractivity contribution in [3.8, 4) is 17.1 Å². The van der Waals surface area contributed by atoms with E-state index in [9.17, 15) is 17.6 Å². The van der Waals surface area contributed by atoms with Gasteiger partial charge in [-0.25, -0.2) is 12.8 Å². The summed E-state index contributed by atoms with van der Waals surface area (Å²) in [5.41, 5.74) is 2.76. The molecule has 0 aliphatic rings. The molecule has 1 amide bonds. The smallest absolute Gasteiger partial charge is 0.225 e. The Hall–Kier alpha value is -3.20. The van der Waals surface area contributed by atoms with Crippen molar-refractivity contribution < 1.29 is 26.9 Å². The van der Waals surface area contributed by atoms with Crippen LogP contribution in [0.25, 0.3) is 11.3 Å². The molecule has 0 aliphatic carbocycles. The molecule has 0 atom stereocenters. The summed E-state index contributed by atoms with van der Waals surface area (Å²) in [7, 11) is -2.49. The van der Waals surface area contributed by atoms with Crippen LogP contribution in [0, 0.1) is 26.6 Å². The van der Waals surface area contributed by atoms with Crippen LogP contribution in [-0.4, -0.2) is 32.3 Å². The number of hydrogen-bond acceptors (Lipinski definition) is 6. The number of benzene rings is 2. The predicted octanol–water partition coefficient (Wildman–Crippen LogP) is 4.22. The van der Waals surface area contributed by atoms with Crippen LogP contribution in [0.5, 0.6) is 5.75 Å². The first kappa shape index (κ1) is 22.5. The minimum absolute atomic E-state index is 0.0462. The number of rotatable bonds is 7. The van der Waals surface area contributed by atoms with E-state index >= 15 is 0 Å². The third kappa shape index (κ3) is 4.93. The van der Waals surface area contributed by atoms with E-state index in [1.807, 2.05) is 6.92 Å². The van der Waals surface area contributed by atoms with Crippen molar-refractivity contribution in [3.05, 3.63) is 59.0 Å². The van der Waals surface area contributed by atoms with Gasteiger partial charge in [-0.3, -0.25) is 4.79 Å². The second-order valence-corrected chi connectivity index (χ2v) is 9.25. The van der Waals surface area contributed by atoms with Gasteiger partial charge in [-0.2, -0.15) is 0 Å². The summed E-state index contributed by atoms with van der Waals surface area (Å²) in [5.74, 6) is -0.801. The highest BCUT2D eigenvalue weighted by molar-refractivity contribution is 7.91. The maximum Gasteiger partial charge on any atom is 0.225 e. The summed E-state index contributed by atoms with van der Waals surface area (Å²) in [6.45, 7) is 5.23. The number of methoxy groups -OCH3 is 1. The zero-order chi connectivity index (χ0) is 22.8. The number of sulfone groups is 1. The Morgan fingerprint density at radius 1 is 1.16 bits per heavy atom. The number of anilines is 1. The van der Waals surface area contributed by atoms with Crippen molar-refractivity contribution in [1.29, 1.82) is 0 Å². The topological polar surface area (TPSA) is 98.5 Å². The minimum atomic E-state index is -3.86. The van der Waals surface area contributed by atoms with Gasteiger partial charge in [0.05, 0.1) is 18.6 Å². The number of aryl methyl sites for hydroxylation is 2. The fourth-order valence-electron chi connectivity index (χ4n) is 2.98. The molecular weight excluding hydrogens is 423 g/mol. The maximum absolute atomic E-state index is 13.6. The second kappa shape index (κ2) is 8.89. The van der Waals surface area contributed by atoms with Crippen molar-refractivity contribution in [2.24, 2.45) is 0 Å². The van der Waals surface area contributed by atoms with Gasteiger partial charge in [-0.05, 0) is 56.7 Å². The molecule has 0 spiro atoms. The fourth-order valence-corrected chi connectivity index (χ4v) is 4.42. The summed E-state index contributed by atoms with van der Waals surface area (Å²) in [4.78, 5) is 12.2. The van der Waals surface area contributed by atoms with Gasteiger partial charge in [0.15, 0.2) is 15.6 Å².